The second-order valence-corrected chi connectivity index (χ2v) is 11.0. The maximum atomic E-state index is 14.9. The van der Waals surface area contributed by atoms with Crippen molar-refractivity contribution in [2.45, 2.75) is 23.0 Å². The summed E-state index contributed by atoms with van der Waals surface area (Å²) in [7, 11) is 1.65. The smallest absolute Gasteiger partial charge is 0.426 e. The maximum Gasteiger partial charge on any atom is 0.426 e. The molecule has 4 rings (SSSR count). The second kappa shape index (κ2) is 11.8. The van der Waals surface area contributed by atoms with Gasteiger partial charge in [0.25, 0.3) is 0 Å². The van der Waals surface area contributed by atoms with Gasteiger partial charge in [-0.2, -0.15) is 22.0 Å². The van der Waals surface area contributed by atoms with Gasteiger partial charge in [0, 0.05) is 48.0 Å². The molecule has 1 aliphatic rings. The Labute approximate surface area is 227 Å². The molecule has 3 aromatic rings. The van der Waals surface area contributed by atoms with Crippen LogP contribution >= 0.6 is 23.5 Å². The highest BCUT2D eigenvalue weighted by Crippen LogP contribution is 2.45. The lowest BCUT2D eigenvalue weighted by molar-refractivity contribution is -0.185. The highest BCUT2D eigenvalue weighted by molar-refractivity contribution is 8.17. The van der Waals surface area contributed by atoms with Crippen molar-refractivity contribution in [3.05, 3.63) is 94.8 Å². The summed E-state index contributed by atoms with van der Waals surface area (Å²) < 4.78 is 119. The minimum Gasteiger partial charge on any atom is -0.429 e. The quantitative estimate of drug-likeness (QED) is 0.255. The normalized spacial score (nSPS) is 18.5. The molecular formula is C27H20F8O2S2. The average molecular weight is 593 g/mol. The third-order valence-electron chi connectivity index (χ3n) is 5.74. The minimum atomic E-state index is -4.82. The number of hydrogen-bond acceptors (Lipinski definition) is 4. The summed E-state index contributed by atoms with van der Waals surface area (Å²) in [6, 6.07) is 9.94. The summed E-state index contributed by atoms with van der Waals surface area (Å²) in [6.45, 7) is 0. The van der Waals surface area contributed by atoms with Gasteiger partial charge in [-0.1, -0.05) is 24.3 Å². The van der Waals surface area contributed by atoms with Gasteiger partial charge in [0.15, 0.2) is 0 Å². The zero-order valence-corrected chi connectivity index (χ0v) is 21.7. The van der Waals surface area contributed by atoms with Crippen LogP contribution in [0.15, 0.2) is 60.7 Å². The Kier molecular flexibility index (Phi) is 8.87. The molecule has 0 aromatic heterocycles. The van der Waals surface area contributed by atoms with E-state index in [0.717, 1.165) is 29.2 Å². The molecule has 12 heteroatoms. The third kappa shape index (κ3) is 7.29. The lowest BCUT2D eigenvalue weighted by atomic mass is 10.0. The van der Waals surface area contributed by atoms with Crippen LogP contribution in [0.3, 0.4) is 0 Å². The molecule has 0 atom stereocenters. The Morgan fingerprint density at radius 2 is 1.44 bits per heavy atom. The van der Waals surface area contributed by atoms with Gasteiger partial charge in [-0.25, -0.2) is 13.2 Å². The number of rotatable bonds is 7. The van der Waals surface area contributed by atoms with Crippen molar-refractivity contribution < 1.29 is 44.6 Å². The van der Waals surface area contributed by atoms with Crippen LogP contribution in [-0.4, -0.2) is 30.9 Å². The fourth-order valence-electron chi connectivity index (χ4n) is 3.73. The van der Waals surface area contributed by atoms with Crippen LogP contribution in [0.5, 0.6) is 5.75 Å². The van der Waals surface area contributed by atoms with Gasteiger partial charge in [-0.15, -0.1) is 23.5 Å². The molecule has 0 saturated carbocycles. The molecule has 0 N–H and O–H groups in total. The summed E-state index contributed by atoms with van der Waals surface area (Å²) >= 11 is 3.30. The number of ether oxygens (including phenoxy) is 2. The van der Waals surface area contributed by atoms with Crippen molar-refractivity contribution in [2.24, 2.45) is 0 Å². The maximum absolute atomic E-state index is 14.9. The van der Waals surface area contributed by atoms with Crippen LogP contribution in [0.1, 0.15) is 21.3 Å². The number of benzene rings is 3. The topological polar surface area (TPSA) is 18.5 Å². The zero-order chi connectivity index (χ0) is 28.4. The van der Waals surface area contributed by atoms with E-state index in [1.165, 1.54) is 18.2 Å². The Morgan fingerprint density at radius 3 is 1.97 bits per heavy atom. The fraction of sp³-hybridized carbons (Fsp3) is 0.259. The van der Waals surface area contributed by atoms with Crippen LogP contribution in [0.2, 0.25) is 0 Å². The Balaban J connectivity index is 1.48. The van der Waals surface area contributed by atoms with E-state index in [4.69, 9.17) is 4.74 Å². The number of halogens is 8. The summed E-state index contributed by atoms with van der Waals surface area (Å²) in [6.07, 6.45) is -8.97. The molecule has 0 bridgehead atoms. The van der Waals surface area contributed by atoms with Crippen LogP contribution < -0.4 is 4.74 Å². The highest BCUT2D eigenvalue weighted by atomic mass is 32.2. The first-order valence-corrected chi connectivity index (χ1v) is 13.4. The summed E-state index contributed by atoms with van der Waals surface area (Å²) in [4.78, 5) is 0. The van der Waals surface area contributed by atoms with Crippen molar-refractivity contribution in [1.29, 1.82) is 0 Å². The first kappa shape index (κ1) is 29.3. The van der Waals surface area contributed by atoms with Crippen LogP contribution in [0.4, 0.5) is 35.1 Å². The number of thioether (sulfide) groups is 2. The molecule has 2 nitrogen and oxygen atoms in total. The standard InChI is InChI=1S/C27H20F8O2S2/c1-36-19-13-38-25(39-14-19)16-4-7-20(22(28)10-16)15-2-5-17(6-3-15)27(34,35)37-18-11-23(29)21(24(30)12-18)8-9-26(31,32)33/h2-12,19,25H,13-14H2,1H3/b9-8+. The molecule has 3 aromatic carbocycles. The Hall–Kier alpha value is -2.70. The lowest BCUT2D eigenvalue weighted by Crippen LogP contribution is -2.22. The van der Waals surface area contributed by atoms with E-state index in [0.29, 0.717) is 17.7 Å². The minimum absolute atomic E-state index is 0.0440. The van der Waals surface area contributed by atoms with Gasteiger partial charge in [-0.3, -0.25) is 0 Å². The fourth-order valence-corrected chi connectivity index (χ4v) is 6.70. The lowest BCUT2D eigenvalue weighted by Gasteiger charge is -2.27. The largest absolute Gasteiger partial charge is 0.429 e. The summed E-state index contributed by atoms with van der Waals surface area (Å²) in [5.41, 5.74) is -0.438. The van der Waals surface area contributed by atoms with E-state index in [1.54, 1.807) is 42.8 Å². The molecule has 0 radical (unpaired) electrons. The molecule has 208 valence electrons. The van der Waals surface area contributed by atoms with Gasteiger partial charge >= 0.3 is 12.3 Å². The van der Waals surface area contributed by atoms with E-state index in [1.807, 2.05) is 0 Å². The van der Waals surface area contributed by atoms with Crippen molar-refractivity contribution in [1.82, 2.24) is 0 Å². The Morgan fingerprint density at radius 1 is 0.821 bits per heavy atom. The zero-order valence-electron chi connectivity index (χ0n) is 20.1. The van der Waals surface area contributed by atoms with E-state index in [9.17, 15) is 35.1 Å². The average Bonchev–Trinajstić information content (AvgIpc) is 2.87. The number of alkyl halides is 5. The molecule has 1 aliphatic heterocycles. The number of methoxy groups -OCH3 is 1. The second-order valence-electron chi connectivity index (χ2n) is 8.47. The number of hydrogen-bond donors (Lipinski definition) is 0. The monoisotopic (exact) mass is 592 g/mol. The first-order chi connectivity index (χ1) is 18.4. The molecule has 0 spiro atoms. The summed E-state index contributed by atoms with van der Waals surface area (Å²) in [5, 5.41) is 0. The van der Waals surface area contributed by atoms with Gasteiger partial charge in [-0.05, 0) is 35.4 Å². The number of allylic oxidation sites excluding steroid dienone is 1. The van der Waals surface area contributed by atoms with Crippen molar-refractivity contribution in [2.75, 3.05) is 18.6 Å². The molecule has 0 unspecified atom stereocenters. The molecule has 1 saturated heterocycles. The Bertz CT molecular complexity index is 1310. The highest BCUT2D eigenvalue weighted by Gasteiger charge is 2.35. The van der Waals surface area contributed by atoms with E-state index < -0.39 is 46.6 Å². The van der Waals surface area contributed by atoms with Gasteiger partial charge in [0.05, 0.1) is 16.2 Å². The van der Waals surface area contributed by atoms with E-state index >= 15 is 0 Å². The molecule has 1 heterocycles. The molecule has 1 fully saturated rings. The van der Waals surface area contributed by atoms with Crippen molar-refractivity contribution >= 4 is 29.6 Å². The third-order valence-corrected chi connectivity index (χ3v) is 8.83. The molecule has 0 aliphatic carbocycles. The van der Waals surface area contributed by atoms with Gasteiger partial charge in [0.1, 0.15) is 23.2 Å². The van der Waals surface area contributed by atoms with E-state index in [-0.39, 0.29) is 28.4 Å². The van der Waals surface area contributed by atoms with Gasteiger partial charge < -0.3 is 9.47 Å². The van der Waals surface area contributed by atoms with Crippen LogP contribution in [-0.2, 0) is 10.8 Å². The van der Waals surface area contributed by atoms with Crippen molar-refractivity contribution in [3.8, 4) is 16.9 Å². The predicted octanol–water partition coefficient (Wildman–Crippen LogP) is 8.97. The SMILES string of the molecule is COC1CSC(c2ccc(-c3ccc(C(F)(F)Oc4cc(F)c(/C=C/C(F)(F)F)c(F)c4)cc3)c(F)c2)SC1. The molecule has 0 amide bonds. The predicted molar refractivity (Wildman–Crippen MR) is 136 cm³/mol. The van der Waals surface area contributed by atoms with Gasteiger partial charge in [0.2, 0.25) is 0 Å². The van der Waals surface area contributed by atoms with Crippen molar-refractivity contribution in [3.63, 3.8) is 0 Å². The molecular weight excluding hydrogens is 572 g/mol. The molecule has 39 heavy (non-hydrogen) atoms. The van der Waals surface area contributed by atoms with Crippen LogP contribution in [0.25, 0.3) is 17.2 Å². The first-order valence-electron chi connectivity index (χ1n) is 11.3. The summed E-state index contributed by atoms with van der Waals surface area (Å²) in [5.74, 6) is -2.91. The van der Waals surface area contributed by atoms with Crippen LogP contribution in [0, 0.1) is 17.5 Å². The van der Waals surface area contributed by atoms with E-state index in [2.05, 4.69) is 4.74 Å².